The summed E-state index contributed by atoms with van der Waals surface area (Å²) in [5, 5.41) is 0.916. The predicted molar refractivity (Wildman–Crippen MR) is 95.0 cm³/mol. The fourth-order valence-electron chi connectivity index (χ4n) is 3.14. The monoisotopic (exact) mass is 337 g/mol. The van der Waals surface area contributed by atoms with E-state index < -0.39 is 0 Å². The van der Waals surface area contributed by atoms with Gasteiger partial charge in [0.05, 0.1) is 12.7 Å². The standard InChI is InChI=1S/C18H19N5O2/c1-25-13-3-4-14-15(12-21-16(14)11-13)17(24)22-7-9-23(10-8-22)18-19-5-2-6-20-18/h2-6,11-12,21H,7-10H2,1H3. The van der Waals surface area contributed by atoms with Crippen LogP contribution in [-0.4, -0.2) is 59.0 Å². The Balaban J connectivity index is 1.49. The Bertz CT molecular complexity index is 885. The summed E-state index contributed by atoms with van der Waals surface area (Å²) in [5.74, 6) is 1.53. The molecule has 0 radical (unpaired) electrons. The number of carbonyl (C=O) groups excluding carboxylic acids is 1. The van der Waals surface area contributed by atoms with Crippen molar-refractivity contribution in [3.63, 3.8) is 0 Å². The van der Waals surface area contributed by atoms with Gasteiger partial charge in [-0.2, -0.15) is 0 Å². The number of aromatic nitrogens is 3. The van der Waals surface area contributed by atoms with Crippen molar-refractivity contribution in [2.24, 2.45) is 0 Å². The van der Waals surface area contributed by atoms with E-state index in [1.54, 1.807) is 31.8 Å². The zero-order valence-electron chi connectivity index (χ0n) is 14.0. The van der Waals surface area contributed by atoms with Crippen molar-refractivity contribution < 1.29 is 9.53 Å². The van der Waals surface area contributed by atoms with Crippen LogP contribution >= 0.6 is 0 Å². The van der Waals surface area contributed by atoms with Gasteiger partial charge in [0.2, 0.25) is 5.95 Å². The van der Waals surface area contributed by atoms with Crippen LogP contribution in [0.15, 0.2) is 42.9 Å². The fraction of sp³-hybridized carbons (Fsp3) is 0.278. The zero-order valence-corrected chi connectivity index (χ0v) is 14.0. The number of hydrogen-bond acceptors (Lipinski definition) is 5. The minimum absolute atomic E-state index is 0.0463. The van der Waals surface area contributed by atoms with Crippen LogP contribution in [0.4, 0.5) is 5.95 Å². The molecule has 7 nitrogen and oxygen atoms in total. The number of hydrogen-bond donors (Lipinski definition) is 1. The Morgan fingerprint density at radius 3 is 2.64 bits per heavy atom. The molecule has 25 heavy (non-hydrogen) atoms. The average molecular weight is 337 g/mol. The van der Waals surface area contributed by atoms with Crippen molar-refractivity contribution in [1.82, 2.24) is 19.9 Å². The number of piperazine rings is 1. The van der Waals surface area contributed by atoms with E-state index in [1.165, 1.54) is 0 Å². The molecule has 3 heterocycles. The molecule has 0 atom stereocenters. The van der Waals surface area contributed by atoms with Crippen LogP contribution in [0.3, 0.4) is 0 Å². The first-order valence-electron chi connectivity index (χ1n) is 8.22. The highest BCUT2D eigenvalue weighted by molar-refractivity contribution is 6.07. The first-order valence-corrected chi connectivity index (χ1v) is 8.22. The molecule has 2 aromatic heterocycles. The lowest BCUT2D eigenvalue weighted by atomic mass is 10.1. The molecule has 0 unspecified atom stereocenters. The van der Waals surface area contributed by atoms with E-state index in [2.05, 4.69) is 19.9 Å². The predicted octanol–water partition coefficient (Wildman–Crippen LogP) is 1.93. The van der Waals surface area contributed by atoms with Gasteiger partial charge in [0.1, 0.15) is 5.75 Å². The topological polar surface area (TPSA) is 74.3 Å². The van der Waals surface area contributed by atoms with Crippen LogP contribution in [0.2, 0.25) is 0 Å². The van der Waals surface area contributed by atoms with Crippen LogP contribution < -0.4 is 9.64 Å². The Kier molecular flexibility index (Phi) is 3.97. The molecule has 1 aromatic carbocycles. The van der Waals surface area contributed by atoms with E-state index in [9.17, 15) is 4.79 Å². The summed E-state index contributed by atoms with van der Waals surface area (Å²) in [6.07, 6.45) is 5.25. The molecular weight excluding hydrogens is 318 g/mol. The lowest BCUT2D eigenvalue weighted by molar-refractivity contribution is 0.0748. The van der Waals surface area contributed by atoms with Gasteiger partial charge in [0.25, 0.3) is 5.91 Å². The summed E-state index contributed by atoms with van der Waals surface area (Å²) in [6.45, 7) is 2.76. The van der Waals surface area contributed by atoms with E-state index in [0.717, 1.165) is 29.7 Å². The molecule has 1 saturated heterocycles. The van der Waals surface area contributed by atoms with Gasteiger partial charge in [-0.05, 0) is 18.2 Å². The smallest absolute Gasteiger partial charge is 0.256 e. The van der Waals surface area contributed by atoms with Gasteiger partial charge < -0.3 is 19.5 Å². The maximum Gasteiger partial charge on any atom is 0.256 e. The lowest BCUT2D eigenvalue weighted by Crippen LogP contribution is -2.49. The maximum absolute atomic E-state index is 12.9. The van der Waals surface area contributed by atoms with Crippen LogP contribution in [0, 0.1) is 0 Å². The molecule has 1 amide bonds. The number of nitrogens with zero attached hydrogens (tertiary/aromatic N) is 4. The van der Waals surface area contributed by atoms with Crippen molar-refractivity contribution in [1.29, 1.82) is 0 Å². The van der Waals surface area contributed by atoms with Crippen molar-refractivity contribution in [2.75, 3.05) is 38.2 Å². The van der Waals surface area contributed by atoms with E-state index in [1.807, 2.05) is 23.1 Å². The van der Waals surface area contributed by atoms with Gasteiger partial charge in [-0.25, -0.2) is 9.97 Å². The molecule has 0 spiro atoms. The van der Waals surface area contributed by atoms with E-state index in [0.29, 0.717) is 24.6 Å². The SMILES string of the molecule is COc1ccc2c(C(=O)N3CCN(c4ncccn4)CC3)c[nH]c2c1. The summed E-state index contributed by atoms with van der Waals surface area (Å²) >= 11 is 0. The second-order valence-electron chi connectivity index (χ2n) is 5.94. The van der Waals surface area contributed by atoms with Gasteiger partial charge in [-0.3, -0.25) is 4.79 Å². The van der Waals surface area contributed by atoms with Gasteiger partial charge >= 0.3 is 0 Å². The maximum atomic E-state index is 12.9. The first-order chi connectivity index (χ1) is 12.3. The molecule has 1 aliphatic heterocycles. The summed E-state index contributed by atoms with van der Waals surface area (Å²) in [5.41, 5.74) is 1.60. The highest BCUT2D eigenvalue weighted by atomic mass is 16.5. The lowest BCUT2D eigenvalue weighted by Gasteiger charge is -2.34. The molecule has 0 aliphatic carbocycles. The molecule has 0 saturated carbocycles. The molecule has 7 heteroatoms. The third-order valence-corrected chi connectivity index (χ3v) is 4.52. The number of H-pyrrole nitrogens is 1. The number of fused-ring (bicyclic) bond motifs is 1. The van der Waals surface area contributed by atoms with Crippen molar-refractivity contribution in [3.05, 3.63) is 48.4 Å². The third kappa shape index (κ3) is 2.88. The van der Waals surface area contributed by atoms with Gasteiger partial charge in [-0.15, -0.1) is 0 Å². The largest absolute Gasteiger partial charge is 0.497 e. The number of amides is 1. The van der Waals surface area contributed by atoms with E-state index in [4.69, 9.17) is 4.74 Å². The molecule has 1 aliphatic rings. The number of methoxy groups -OCH3 is 1. The number of ether oxygens (including phenoxy) is 1. The first kappa shape index (κ1) is 15.4. The number of anilines is 1. The average Bonchev–Trinajstić information content (AvgIpc) is 3.11. The number of carbonyl (C=O) groups is 1. The summed E-state index contributed by atoms with van der Waals surface area (Å²) in [7, 11) is 1.63. The second kappa shape index (κ2) is 6.43. The molecular formula is C18H19N5O2. The molecule has 4 rings (SSSR count). The minimum Gasteiger partial charge on any atom is -0.497 e. The highest BCUT2D eigenvalue weighted by Crippen LogP contribution is 2.24. The Morgan fingerprint density at radius 2 is 1.92 bits per heavy atom. The summed E-state index contributed by atoms with van der Waals surface area (Å²) in [4.78, 5) is 28.6. The van der Waals surface area contributed by atoms with Crippen LogP contribution in [0.1, 0.15) is 10.4 Å². The normalized spacial score (nSPS) is 14.8. The zero-order chi connectivity index (χ0) is 17.2. The molecule has 3 aromatic rings. The van der Waals surface area contributed by atoms with Crippen molar-refractivity contribution >= 4 is 22.8 Å². The Morgan fingerprint density at radius 1 is 1.16 bits per heavy atom. The molecule has 1 fully saturated rings. The number of benzene rings is 1. The molecule has 0 bridgehead atoms. The summed E-state index contributed by atoms with van der Waals surface area (Å²) in [6, 6.07) is 7.50. The Hall–Kier alpha value is -3.09. The van der Waals surface area contributed by atoms with Crippen LogP contribution in [0.25, 0.3) is 10.9 Å². The van der Waals surface area contributed by atoms with E-state index >= 15 is 0 Å². The Labute approximate surface area is 145 Å². The van der Waals surface area contributed by atoms with Crippen molar-refractivity contribution in [2.45, 2.75) is 0 Å². The highest BCUT2D eigenvalue weighted by Gasteiger charge is 2.25. The van der Waals surface area contributed by atoms with Gasteiger partial charge in [0, 0.05) is 61.7 Å². The number of rotatable bonds is 3. The van der Waals surface area contributed by atoms with Crippen LogP contribution in [0.5, 0.6) is 5.75 Å². The quantitative estimate of drug-likeness (QED) is 0.790. The summed E-state index contributed by atoms with van der Waals surface area (Å²) < 4.78 is 5.23. The molecule has 1 N–H and O–H groups in total. The van der Waals surface area contributed by atoms with Crippen LogP contribution in [-0.2, 0) is 0 Å². The second-order valence-corrected chi connectivity index (χ2v) is 5.94. The van der Waals surface area contributed by atoms with Gasteiger partial charge in [0.15, 0.2) is 0 Å². The minimum atomic E-state index is 0.0463. The van der Waals surface area contributed by atoms with Gasteiger partial charge in [-0.1, -0.05) is 0 Å². The molecule has 128 valence electrons. The van der Waals surface area contributed by atoms with E-state index in [-0.39, 0.29) is 5.91 Å². The number of aromatic amines is 1. The third-order valence-electron chi connectivity index (χ3n) is 4.52. The number of nitrogens with one attached hydrogen (secondary N) is 1. The van der Waals surface area contributed by atoms with Crippen molar-refractivity contribution in [3.8, 4) is 5.75 Å². The fourth-order valence-corrected chi connectivity index (χ4v) is 3.14.